The van der Waals surface area contributed by atoms with Crippen molar-refractivity contribution < 1.29 is 14.3 Å². The Hall–Kier alpha value is -1.21. The van der Waals surface area contributed by atoms with Crippen LogP contribution in [0.2, 0.25) is 0 Å². The van der Waals surface area contributed by atoms with Crippen LogP contribution in [0.5, 0.6) is 0 Å². The van der Waals surface area contributed by atoms with Gasteiger partial charge in [0, 0.05) is 11.1 Å². The van der Waals surface area contributed by atoms with Gasteiger partial charge >= 0.3 is 5.97 Å². The van der Waals surface area contributed by atoms with Crippen molar-refractivity contribution in [3.05, 3.63) is 16.8 Å². The number of thioether (sulfide) groups is 1. The lowest BCUT2D eigenvalue weighted by molar-refractivity contribution is 0.0701. The predicted octanol–water partition coefficient (Wildman–Crippen LogP) is 2.76. The van der Waals surface area contributed by atoms with Gasteiger partial charge in [0.15, 0.2) is 0 Å². The summed E-state index contributed by atoms with van der Waals surface area (Å²) in [6.07, 6.45) is 1.38. The summed E-state index contributed by atoms with van der Waals surface area (Å²) in [5, 5.41) is 10.4. The zero-order chi connectivity index (χ0) is 12.4. The lowest BCUT2D eigenvalue weighted by Gasteiger charge is -2.00. The zero-order valence-corrected chi connectivity index (χ0v) is 10.6. The molecule has 0 aliphatic carbocycles. The van der Waals surface area contributed by atoms with Crippen molar-refractivity contribution in [2.75, 3.05) is 12.4 Å². The molecular formula is C10H9FN2O2S2. The molecule has 2 rings (SSSR count). The van der Waals surface area contributed by atoms with Crippen LogP contribution in [0.4, 0.5) is 4.39 Å². The summed E-state index contributed by atoms with van der Waals surface area (Å²) in [6.45, 7) is 1.29. The van der Waals surface area contributed by atoms with E-state index in [0.717, 1.165) is 16.7 Å². The molecule has 0 aliphatic heterocycles. The number of nitrogens with zero attached hydrogens (tertiary/aromatic N) is 2. The number of aryl methyl sites for hydroxylation is 1. The molecule has 0 aromatic carbocycles. The lowest BCUT2D eigenvalue weighted by Crippen LogP contribution is -1.94. The number of carboxylic acids is 1. The topological polar surface area (TPSA) is 63.1 Å². The van der Waals surface area contributed by atoms with Crippen molar-refractivity contribution in [2.45, 2.75) is 11.9 Å². The minimum absolute atomic E-state index is 0.266. The first kappa shape index (κ1) is 12.3. The maximum atomic E-state index is 12.2. The Morgan fingerprint density at radius 3 is 3.00 bits per heavy atom. The minimum Gasteiger partial charge on any atom is -0.477 e. The van der Waals surface area contributed by atoms with E-state index in [1.54, 1.807) is 6.92 Å². The molecule has 17 heavy (non-hydrogen) atoms. The number of aromatic carboxylic acids is 1. The van der Waals surface area contributed by atoms with Gasteiger partial charge in [-0.3, -0.25) is 4.39 Å². The van der Waals surface area contributed by atoms with Crippen LogP contribution in [0.25, 0.3) is 10.2 Å². The molecule has 0 saturated carbocycles. The van der Waals surface area contributed by atoms with E-state index in [-0.39, 0.29) is 4.88 Å². The Bertz CT molecular complexity index is 571. The molecule has 2 heterocycles. The van der Waals surface area contributed by atoms with Gasteiger partial charge in [0.25, 0.3) is 0 Å². The van der Waals surface area contributed by atoms with Crippen molar-refractivity contribution in [1.29, 1.82) is 0 Å². The third kappa shape index (κ3) is 2.25. The summed E-state index contributed by atoms with van der Waals surface area (Å²) in [6, 6.07) is 0. The Morgan fingerprint density at radius 1 is 1.59 bits per heavy atom. The number of alkyl halides is 1. The van der Waals surface area contributed by atoms with Crippen LogP contribution >= 0.6 is 23.1 Å². The maximum Gasteiger partial charge on any atom is 0.346 e. The number of carboxylic acid groups (broad SMARTS) is 1. The molecule has 7 heteroatoms. The lowest BCUT2D eigenvalue weighted by atomic mass is 10.2. The predicted molar refractivity (Wildman–Crippen MR) is 65.8 cm³/mol. The van der Waals surface area contributed by atoms with Gasteiger partial charge in [0.2, 0.25) is 0 Å². The number of aromatic nitrogens is 2. The largest absolute Gasteiger partial charge is 0.477 e. The van der Waals surface area contributed by atoms with Crippen LogP contribution in [-0.4, -0.2) is 33.5 Å². The van der Waals surface area contributed by atoms with E-state index in [2.05, 4.69) is 9.97 Å². The molecule has 90 valence electrons. The third-order valence-electron chi connectivity index (χ3n) is 2.20. The van der Waals surface area contributed by atoms with Crippen LogP contribution in [0.15, 0.2) is 11.4 Å². The third-order valence-corrected chi connectivity index (χ3v) is 4.33. The molecule has 4 nitrogen and oxygen atoms in total. The molecule has 0 fully saturated rings. The van der Waals surface area contributed by atoms with E-state index < -0.39 is 12.6 Å². The van der Waals surface area contributed by atoms with Crippen LogP contribution in [0, 0.1) is 6.92 Å². The van der Waals surface area contributed by atoms with Crippen LogP contribution < -0.4 is 0 Å². The average Bonchev–Trinajstić information content (AvgIpc) is 2.65. The first-order chi connectivity index (χ1) is 8.15. The molecule has 0 spiro atoms. The molecule has 0 radical (unpaired) electrons. The van der Waals surface area contributed by atoms with Crippen molar-refractivity contribution in [3.63, 3.8) is 0 Å². The fraction of sp³-hybridized carbons (Fsp3) is 0.300. The Morgan fingerprint density at radius 2 is 2.35 bits per heavy atom. The van der Waals surface area contributed by atoms with Gasteiger partial charge < -0.3 is 5.11 Å². The molecule has 2 aromatic heterocycles. The van der Waals surface area contributed by atoms with Crippen molar-refractivity contribution >= 4 is 39.3 Å². The molecule has 0 bridgehead atoms. The fourth-order valence-electron chi connectivity index (χ4n) is 1.49. The van der Waals surface area contributed by atoms with E-state index >= 15 is 0 Å². The van der Waals surface area contributed by atoms with Gasteiger partial charge in [0.05, 0.1) is 6.67 Å². The highest BCUT2D eigenvalue weighted by Gasteiger charge is 2.18. The minimum atomic E-state index is -0.966. The highest BCUT2D eigenvalue weighted by molar-refractivity contribution is 7.99. The van der Waals surface area contributed by atoms with Crippen LogP contribution in [0.3, 0.4) is 0 Å². The van der Waals surface area contributed by atoms with Crippen LogP contribution in [0.1, 0.15) is 15.2 Å². The molecule has 0 amide bonds. The van der Waals surface area contributed by atoms with Gasteiger partial charge in [-0.1, -0.05) is 0 Å². The summed E-state index contributed by atoms with van der Waals surface area (Å²) >= 11 is 2.40. The van der Waals surface area contributed by atoms with E-state index in [1.807, 2.05) is 0 Å². The second kappa shape index (κ2) is 4.97. The van der Waals surface area contributed by atoms with E-state index in [4.69, 9.17) is 5.11 Å². The average molecular weight is 272 g/mol. The Balaban J connectivity index is 2.58. The fourth-order valence-corrected chi connectivity index (χ4v) is 3.33. The molecule has 0 unspecified atom stereocenters. The van der Waals surface area contributed by atoms with Gasteiger partial charge in [0.1, 0.15) is 21.1 Å². The van der Waals surface area contributed by atoms with Gasteiger partial charge in [-0.05, 0) is 12.5 Å². The number of thiophene rings is 1. The second-order valence-electron chi connectivity index (χ2n) is 3.26. The standard InChI is InChI=1S/C10H9FN2O2S2/c1-5-6-8(16-3-2-11)12-4-13-9(6)17-7(5)10(14)15/h4H,2-3H2,1H3,(H,14,15). The molecule has 2 aromatic rings. The Kier molecular flexibility index (Phi) is 3.58. The highest BCUT2D eigenvalue weighted by atomic mass is 32.2. The summed E-state index contributed by atoms with van der Waals surface area (Å²) in [5.41, 5.74) is 0.652. The van der Waals surface area contributed by atoms with E-state index in [9.17, 15) is 9.18 Å². The number of halogens is 1. The maximum absolute atomic E-state index is 12.2. The number of hydrogen-bond donors (Lipinski definition) is 1. The number of hydrogen-bond acceptors (Lipinski definition) is 5. The molecular weight excluding hydrogens is 263 g/mol. The zero-order valence-electron chi connectivity index (χ0n) is 8.94. The highest BCUT2D eigenvalue weighted by Crippen LogP contribution is 2.34. The number of rotatable bonds is 4. The number of fused-ring (bicyclic) bond motifs is 1. The SMILES string of the molecule is Cc1c(C(=O)O)sc2ncnc(SCCF)c12. The summed E-state index contributed by atoms with van der Waals surface area (Å²) in [4.78, 5) is 20.0. The molecule has 0 saturated heterocycles. The van der Waals surface area contributed by atoms with Gasteiger partial charge in [-0.25, -0.2) is 14.8 Å². The van der Waals surface area contributed by atoms with Gasteiger partial charge in [-0.15, -0.1) is 23.1 Å². The Labute approximate surface area is 105 Å². The van der Waals surface area contributed by atoms with Crippen molar-refractivity contribution in [3.8, 4) is 0 Å². The summed E-state index contributed by atoms with van der Waals surface area (Å²) in [7, 11) is 0. The summed E-state index contributed by atoms with van der Waals surface area (Å²) in [5.74, 6) is -0.656. The van der Waals surface area contributed by atoms with E-state index in [1.165, 1.54) is 18.1 Å². The first-order valence-electron chi connectivity index (χ1n) is 4.81. The first-order valence-corrected chi connectivity index (χ1v) is 6.61. The van der Waals surface area contributed by atoms with E-state index in [0.29, 0.717) is 21.2 Å². The quantitative estimate of drug-likeness (QED) is 0.685. The van der Waals surface area contributed by atoms with Crippen LogP contribution in [-0.2, 0) is 0 Å². The van der Waals surface area contributed by atoms with Crippen molar-refractivity contribution in [1.82, 2.24) is 9.97 Å². The molecule has 0 atom stereocenters. The second-order valence-corrected chi connectivity index (χ2v) is 5.34. The monoisotopic (exact) mass is 272 g/mol. The molecule has 0 aliphatic rings. The smallest absolute Gasteiger partial charge is 0.346 e. The van der Waals surface area contributed by atoms with Crippen molar-refractivity contribution in [2.24, 2.45) is 0 Å². The van der Waals surface area contributed by atoms with Gasteiger partial charge in [-0.2, -0.15) is 0 Å². The number of carbonyl (C=O) groups is 1. The summed E-state index contributed by atoms with van der Waals surface area (Å²) < 4.78 is 12.2. The molecule has 1 N–H and O–H groups in total. The normalized spacial score (nSPS) is 10.9.